The molecule has 25 heavy (non-hydrogen) atoms. The van der Waals surface area contributed by atoms with E-state index in [1.54, 1.807) is 6.92 Å². The largest absolute Gasteiger partial charge is 0.466 e. The van der Waals surface area contributed by atoms with Crippen molar-refractivity contribution in [3.8, 4) is 0 Å². The van der Waals surface area contributed by atoms with Gasteiger partial charge in [0.05, 0.1) is 19.1 Å². The van der Waals surface area contributed by atoms with E-state index in [1.807, 2.05) is 40.7 Å². The number of aryl methyl sites for hydroxylation is 2. The summed E-state index contributed by atoms with van der Waals surface area (Å²) in [5.41, 5.74) is -0.411. The van der Waals surface area contributed by atoms with Crippen molar-refractivity contribution in [3.05, 3.63) is 23.2 Å². The maximum atomic E-state index is 11.6. The van der Waals surface area contributed by atoms with E-state index >= 15 is 0 Å². The molecule has 7 heteroatoms. The third-order valence-electron chi connectivity index (χ3n) is 3.50. The standard InChI is InChI=1S/C18H31N3O4/c1-7-19-17(20-9-8-16(22)24-12(2)3)21-11-18(6,23)15-10-13(4)25-14(15)5/h10,12,23H,7-9,11H2,1-6H3,(H2,19,20,21). The number of esters is 1. The van der Waals surface area contributed by atoms with E-state index in [9.17, 15) is 9.90 Å². The summed E-state index contributed by atoms with van der Waals surface area (Å²) in [4.78, 5) is 16.0. The highest BCUT2D eigenvalue weighted by atomic mass is 16.5. The van der Waals surface area contributed by atoms with Crippen LogP contribution in [-0.2, 0) is 15.1 Å². The second-order valence-electron chi connectivity index (χ2n) is 6.51. The summed E-state index contributed by atoms with van der Waals surface area (Å²) >= 11 is 0. The van der Waals surface area contributed by atoms with Gasteiger partial charge in [0.25, 0.3) is 0 Å². The highest BCUT2D eigenvalue weighted by Crippen LogP contribution is 2.27. The van der Waals surface area contributed by atoms with Crippen LogP contribution in [0.3, 0.4) is 0 Å². The zero-order valence-electron chi connectivity index (χ0n) is 16.1. The normalized spacial score (nSPS) is 14.3. The number of nitrogens with one attached hydrogen (secondary N) is 2. The van der Waals surface area contributed by atoms with Gasteiger partial charge in [-0.3, -0.25) is 4.79 Å². The minimum Gasteiger partial charge on any atom is -0.466 e. The molecule has 1 aromatic rings. The van der Waals surface area contributed by atoms with Crippen molar-refractivity contribution in [3.63, 3.8) is 0 Å². The number of furan rings is 1. The van der Waals surface area contributed by atoms with Gasteiger partial charge in [0.15, 0.2) is 5.96 Å². The molecular formula is C18H31N3O4. The summed E-state index contributed by atoms with van der Waals surface area (Å²) in [5, 5.41) is 16.9. The molecule has 0 radical (unpaired) electrons. The smallest absolute Gasteiger partial charge is 0.307 e. The summed E-state index contributed by atoms with van der Waals surface area (Å²) in [6.45, 7) is 12.2. The average molecular weight is 353 g/mol. The number of hydrogen-bond acceptors (Lipinski definition) is 5. The average Bonchev–Trinajstić information content (AvgIpc) is 2.83. The van der Waals surface area contributed by atoms with Crippen molar-refractivity contribution in [1.82, 2.24) is 10.6 Å². The lowest BCUT2D eigenvalue weighted by Crippen LogP contribution is -2.40. The van der Waals surface area contributed by atoms with Crippen LogP contribution in [0, 0.1) is 13.8 Å². The zero-order valence-corrected chi connectivity index (χ0v) is 16.1. The molecule has 0 aliphatic heterocycles. The lowest BCUT2D eigenvalue weighted by Gasteiger charge is -2.21. The molecule has 142 valence electrons. The number of guanidine groups is 1. The number of carbonyl (C=O) groups is 1. The molecule has 1 aromatic heterocycles. The number of rotatable bonds is 8. The van der Waals surface area contributed by atoms with Crippen LogP contribution in [0.2, 0.25) is 0 Å². The number of ether oxygens (including phenoxy) is 1. The number of carbonyl (C=O) groups excluding carboxylic acids is 1. The first-order valence-corrected chi connectivity index (χ1v) is 8.67. The first-order valence-electron chi connectivity index (χ1n) is 8.67. The molecule has 0 spiro atoms. The molecule has 1 unspecified atom stereocenters. The quantitative estimate of drug-likeness (QED) is 0.376. The Balaban J connectivity index is 2.65. The topological polar surface area (TPSA) is 96.1 Å². The minimum atomic E-state index is -1.14. The van der Waals surface area contributed by atoms with Crippen molar-refractivity contribution < 1.29 is 19.1 Å². The highest BCUT2D eigenvalue weighted by molar-refractivity contribution is 5.80. The van der Waals surface area contributed by atoms with Crippen molar-refractivity contribution >= 4 is 11.9 Å². The Morgan fingerprint density at radius 2 is 2.08 bits per heavy atom. The zero-order chi connectivity index (χ0) is 19.0. The Hall–Kier alpha value is -2.02. The van der Waals surface area contributed by atoms with Crippen molar-refractivity contribution in [1.29, 1.82) is 0 Å². The van der Waals surface area contributed by atoms with Gasteiger partial charge in [-0.15, -0.1) is 0 Å². The van der Waals surface area contributed by atoms with E-state index in [1.165, 1.54) is 0 Å². The van der Waals surface area contributed by atoms with E-state index in [0.29, 0.717) is 24.8 Å². The second kappa shape index (κ2) is 9.46. The van der Waals surface area contributed by atoms with E-state index in [2.05, 4.69) is 15.6 Å². The van der Waals surface area contributed by atoms with Crippen LogP contribution in [0.25, 0.3) is 0 Å². The Morgan fingerprint density at radius 1 is 1.40 bits per heavy atom. The second-order valence-corrected chi connectivity index (χ2v) is 6.51. The van der Waals surface area contributed by atoms with Gasteiger partial charge in [0.1, 0.15) is 17.1 Å². The molecule has 0 fully saturated rings. The Labute approximate surface area is 149 Å². The van der Waals surface area contributed by atoms with Gasteiger partial charge in [0.2, 0.25) is 0 Å². The van der Waals surface area contributed by atoms with Gasteiger partial charge in [0, 0.05) is 18.7 Å². The lowest BCUT2D eigenvalue weighted by molar-refractivity contribution is -0.147. The number of aliphatic hydroxyl groups is 1. The SMILES string of the molecule is CCNC(=NCC(C)(O)c1cc(C)oc1C)NCCC(=O)OC(C)C. The Bertz CT molecular complexity index is 591. The van der Waals surface area contributed by atoms with E-state index in [-0.39, 0.29) is 25.0 Å². The Morgan fingerprint density at radius 3 is 2.60 bits per heavy atom. The maximum absolute atomic E-state index is 11.6. The van der Waals surface area contributed by atoms with E-state index in [0.717, 1.165) is 11.3 Å². The molecule has 3 N–H and O–H groups in total. The first kappa shape index (κ1) is 21.0. The molecule has 0 aliphatic rings. The lowest BCUT2D eigenvalue weighted by atomic mass is 9.96. The molecule has 0 saturated heterocycles. The fraction of sp³-hybridized carbons (Fsp3) is 0.667. The molecule has 0 amide bonds. The van der Waals surface area contributed by atoms with E-state index in [4.69, 9.17) is 9.15 Å². The van der Waals surface area contributed by atoms with Gasteiger partial charge in [-0.05, 0) is 47.6 Å². The number of hydrogen-bond donors (Lipinski definition) is 3. The molecular weight excluding hydrogens is 322 g/mol. The van der Waals surface area contributed by atoms with Crippen LogP contribution in [0.4, 0.5) is 0 Å². The third kappa shape index (κ3) is 7.17. The van der Waals surface area contributed by atoms with Crippen molar-refractivity contribution in [2.45, 2.75) is 59.7 Å². The first-order chi connectivity index (χ1) is 11.7. The third-order valence-corrected chi connectivity index (χ3v) is 3.50. The highest BCUT2D eigenvalue weighted by Gasteiger charge is 2.27. The molecule has 7 nitrogen and oxygen atoms in total. The molecule has 1 heterocycles. The summed E-state index contributed by atoms with van der Waals surface area (Å²) < 4.78 is 10.6. The molecule has 1 atom stereocenters. The summed E-state index contributed by atoms with van der Waals surface area (Å²) in [7, 11) is 0. The Kier molecular flexibility index (Phi) is 7.96. The summed E-state index contributed by atoms with van der Waals surface area (Å²) in [6, 6.07) is 1.83. The van der Waals surface area contributed by atoms with Gasteiger partial charge in [-0.1, -0.05) is 0 Å². The summed E-state index contributed by atoms with van der Waals surface area (Å²) in [5.74, 6) is 1.73. The predicted molar refractivity (Wildman–Crippen MR) is 97.6 cm³/mol. The van der Waals surface area contributed by atoms with Crippen LogP contribution in [0.15, 0.2) is 15.5 Å². The molecule has 0 aromatic carbocycles. The minimum absolute atomic E-state index is 0.119. The van der Waals surface area contributed by atoms with Crippen molar-refractivity contribution in [2.24, 2.45) is 4.99 Å². The fourth-order valence-corrected chi connectivity index (χ4v) is 2.43. The van der Waals surface area contributed by atoms with Gasteiger partial charge >= 0.3 is 5.97 Å². The van der Waals surface area contributed by atoms with Crippen LogP contribution >= 0.6 is 0 Å². The molecule has 0 aliphatic carbocycles. The van der Waals surface area contributed by atoms with Crippen LogP contribution in [-0.4, -0.2) is 42.8 Å². The monoisotopic (exact) mass is 353 g/mol. The molecule has 1 rings (SSSR count). The van der Waals surface area contributed by atoms with Crippen LogP contribution in [0.1, 0.15) is 51.2 Å². The van der Waals surface area contributed by atoms with E-state index < -0.39 is 5.60 Å². The predicted octanol–water partition coefficient (Wildman–Crippen LogP) is 2.00. The van der Waals surface area contributed by atoms with Gasteiger partial charge < -0.3 is 24.9 Å². The van der Waals surface area contributed by atoms with Crippen molar-refractivity contribution in [2.75, 3.05) is 19.6 Å². The molecule has 0 bridgehead atoms. The number of aliphatic imine (C=N–C) groups is 1. The van der Waals surface area contributed by atoms with Gasteiger partial charge in [-0.2, -0.15) is 0 Å². The van der Waals surface area contributed by atoms with Crippen LogP contribution in [0.5, 0.6) is 0 Å². The van der Waals surface area contributed by atoms with Crippen LogP contribution < -0.4 is 10.6 Å². The number of nitrogens with zero attached hydrogens (tertiary/aromatic N) is 1. The fourth-order valence-electron chi connectivity index (χ4n) is 2.43. The maximum Gasteiger partial charge on any atom is 0.307 e. The van der Waals surface area contributed by atoms with Gasteiger partial charge in [-0.25, -0.2) is 4.99 Å². The molecule has 0 saturated carbocycles. The summed E-state index contributed by atoms with van der Waals surface area (Å²) in [6.07, 6.45) is 0.130.